The average molecular weight is 390 g/mol. The number of amides is 1. The van der Waals surface area contributed by atoms with Crippen LogP contribution in [0.3, 0.4) is 0 Å². The molecule has 20 heavy (non-hydrogen) atoms. The van der Waals surface area contributed by atoms with E-state index in [1.807, 2.05) is 22.6 Å². The molecule has 1 aliphatic rings. The number of carbonyl (C=O) groups is 1. The number of rotatable bonds is 5. The third kappa shape index (κ3) is 3.89. The third-order valence-corrected chi connectivity index (χ3v) is 4.21. The molecule has 0 saturated carbocycles. The Morgan fingerprint density at radius 3 is 3.00 bits per heavy atom. The summed E-state index contributed by atoms with van der Waals surface area (Å²) < 4.78 is 5.98. The van der Waals surface area contributed by atoms with Crippen LogP contribution < -0.4 is 5.32 Å². The van der Waals surface area contributed by atoms with Crippen LogP contribution in [0.5, 0.6) is 0 Å². The number of benzene rings is 1. The number of nitrogens with zero attached hydrogens (tertiary/aromatic N) is 1. The lowest BCUT2D eigenvalue weighted by atomic mass is 10.1. The first-order valence-corrected chi connectivity index (χ1v) is 7.45. The Morgan fingerprint density at radius 2 is 2.35 bits per heavy atom. The number of nitro groups is 1. The number of nitro benzene ring substituents is 1. The van der Waals surface area contributed by atoms with Gasteiger partial charge in [-0.2, -0.15) is 0 Å². The highest BCUT2D eigenvalue weighted by Crippen LogP contribution is 2.20. The van der Waals surface area contributed by atoms with Crippen LogP contribution in [-0.2, 0) is 4.74 Å². The third-order valence-electron chi connectivity index (χ3n) is 3.27. The first kappa shape index (κ1) is 15.2. The molecule has 1 unspecified atom stereocenters. The van der Waals surface area contributed by atoms with Gasteiger partial charge < -0.3 is 10.1 Å². The van der Waals surface area contributed by atoms with Gasteiger partial charge in [-0.1, -0.05) is 0 Å². The van der Waals surface area contributed by atoms with Gasteiger partial charge in [-0.05, 0) is 47.4 Å². The van der Waals surface area contributed by atoms with Crippen molar-refractivity contribution in [1.29, 1.82) is 0 Å². The average Bonchev–Trinajstić information content (AvgIpc) is 2.92. The molecule has 2 rings (SSSR count). The zero-order valence-electron chi connectivity index (χ0n) is 10.8. The molecule has 1 aliphatic heterocycles. The van der Waals surface area contributed by atoms with Gasteiger partial charge in [0.25, 0.3) is 11.6 Å². The number of hydrogen-bond acceptors (Lipinski definition) is 4. The van der Waals surface area contributed by atoms with Gasteiger partial charge in [0.1, 0.15) is 0 Å². The summed E-state index contributed by atoms with van der Waals surface area (Å²) >= 11 is 2.00. The van der Waals surface area contributed by atoms with Gasteiger partial charge in [-0.3, -0.25) is 14.9 Å². The molecule has 1 atom stereocenters. The Labute approximate surface area is 130 Å². The Morgan fingerprint density at radius 1 is 1.55 bits per heavy atom. The maximum atomic E-state index is 12.0. The van der Waals surface area contributed by atoms with Crippen molar-refractivity contribution in [3.05, 3.63) is 37.4 Å². The second-order valence-corrected chi connectivity index (χ2v) is 5.86. The highest BCUT2D eigenvalue weighted by atomic mass is 127. The van der Waals surface area contributed by atoms with Crippen molar-refractivity contribution in [3.63, 3.8) is 0 Å². The van der Waals surface area contributed by atoms with Crippen molar-refractivity contribution < 1.29 is 14.5 Å². The van der Waals surface area contributed by atoms with Crippen LogP contribution in [-0.4, -0.2) is 30.6 Å². The molecule has 7 heteroatoms. The predicted octanol–water partition coefficient (Wildman–Crippen LogP) is 2.36. The first-order valence-electron chi connectivity index (χ1n) is 6.38. The lowest BCUT2D eigenvalue weighted by Crippen LogP contribution is -2.26. The normalized spacial score (nSPS) is 17.9. The number of nitrogens with one attached hydrogen (secondary N) is 1. The summed E-state index contributed by atoms with van der Waals surface area (Å²) in [5.41, 5.74) is 0.280. The molecule has 1 N–H and O–H groups in total. The van der Waals surface area contributed by atoms with E-state index in [1.54, 1.807) is 6.07 Å². The van der Waals surface area contributed by atoms with Crippen LogP contribution in [0.15, 0.2) is 18.2 Å². The summed E-state index contributed by atoms with van der Waals surface area (Å²) in [5.74, 6) is 0.233. The van der Waals surface area contributed by atoms with Crippen LogP contribution >= 0.6 is 22.6 Å². The molecule has 1 heterocycles. The van der Waals surface area contributed by atoms with E-state index in [1.165, 1.54) is 12.1 Å². The van der Waals surface area contributed by atoms with Crippen molar-refractivity contribution in [2.45, 2.75) is 12.8 Å². The Kier molecular flexibility index (Phi) is 5.30. The van der Waals surface area contributed by atoms with E-state index in [0.717, 1.165) is 26.1 Å². The molecule has 0 aromatic heterocycles. The largest absolute Gasteiger partial charge is 0.381 e. The van der Waals surface area contributed by atoms with Crippen molar-refractivity contribution in [3.8, 4) is 0 Å². The fourth-order valence-electron chi connectivity index (χ4n) is 2.10. The summed E-state index contributed by atoms with van der Waals surface area (Å²) in [4.78, 5) is 22.3. The highest BCUT2D eigenvalue weighted by molar-refractivity contribution is 14.1. The smallest absolute Gasteiger partial charge is 0.270 e. The molecule has 6 nitrogen and oxygen atoms in total. The quantitative estimate of drug-likeness (QED) is 0.476. The molecule has 0 radical (unpaired) electrons. The highest BCUT2D eigenvalue weighted by Gasteiger charge is 2.17. The lowest BCUT2D eigenvalue weighted by molar-refractivity contribution is -0.384. The molecule has 0 spiro atoms. The molecular formula is C13H15IN2O4. The van der Waals surface area contributed by atoms with Gasteiger partial charge in [0, 0.05) is 35.5 Å². The number of hydrogen-bond donors (Lipinski definition) is 1. The van der Waals surface area contributed by atoms with Gasteiger partial charge in [0.15, 0.2) is 0 Å². The molecule has 0 bridgehead atoms. The van der Waals surface area contributed by atoms with E-state index in [0.29, 0.717) is 21.6 Å². The maximum absolute atomic E-state index is 12.0. The zero-order chi connectivity index (χ0) is 14.5. The molecular weight excluding hydrogens is 375 g/mol. The summed E-state index contributed by atoms with van der Waals surface area (Å²) in [6.45, 7) is 2.11. The van der Waals surface area contributed by atoms with E-state index in [-0.39, 0.29) is 11.6 Å². The minimum absolute atomic E-state index is 0.0697. The minimum Gasteiger partial charge on any atom is -0.381 e. The van der Waals surface area contributed by atoms with E-state index in [2.05, 4.69) is 5.32 Å². The molecule has 0 aliphatic carbocycles. The second kappa shape index (κ2) is 6.98. The van der Waals surface area contributed by atoms with Crippen molar-refractivity contribution in [2.24, 2.45) is 5.92 Å². The Hall–Kier alpha value is -1.22. The van der Waals surface area contributed by atoms with Crippen molar-refractivity contribution in [1.82, 2.24) is 5.32 Å². The second-order valence-electron chi connectivity index (χ2n) is 4.70. The minimum atomic E-state index is -0.497. The van der Waals surface area contributed by atoms with Gasteiger partial charge in [-0.15, -0.1) is 0 Å². The Balaban J connectivity index is 1.94. The summed E-state index contributed by atoms with van der Waals surface area (Å²) in [7, 11) is 0. The molecule has 1 aromatic rings. The standard InChI is InChI=1S/C13H15IN2O4/c14-12-2-1-10(16(18)19)7-11(12)13(17)15-5-3-9-4-6-20-8-9/h1-2,7,9H,3-6,8H2,(H,15,17). The SMILES string of the molecule is O=C(NCCC1CCOC1)c1cc([N+](=O)[O-])ccc1I. The molecule has 108 valence electrons. The van der Waals surface area contributed by atoms with Crippen LogP contribution in [0.2, 0.25) is 0 Å². The Bertz CT molecular complexity index is 515. The van der Waals surface area contributed by atoms with Gasteiger partial charge in [0.2, 0.25) is 0 Å². The zero-order valence-corrected chi connectivity index (χ0v) is 13.0. The van der Waals surface area contributed by atoms with Crippen molar-refractivity contribution in [2.75, 3.05) is 19.8 Å². The van der Waals surface area contributed by atoms with E-state index in [4.69, 9.17) is 4.74 Å². The number of ether oxygens (including phenoxy) is 1. The molecule has 1 saturated heterocycles. The van der Waals surface area contributed by atoms with Crippen LogP contribution in [0, 0.1) is 19.6 Å². The van der Waals surface area contributed by atoms with Gasteiger partial charge in [0.05, 0.1) is 10.5 Å². The topological polar surface area (TPSA) is 81.5 Å². The maximum Gasteiger partial charge on any atom is 0.270 e. The number of non-ortho nitro benzene ring substituents is 1. The summed E-state index contributed by atoms with van der Waals surface area (Å²) in [6.07, 6.45) is 1.90. The fraction of sp³-hybridized carbons (Fsp3) is 0.462. The fourth-order valence-corrected chi connectivity index (χ4v) is 2.68. The number of carbonyl (C=O) groups excluding carboxylic acids is 1. The predicted molar refractivity (Wildman–Crippen MR) is 81.7 cm³/mol. The summed E-state index contributed by atoms with van der Waals surface area (Å²) in [6, 6.07) is 4.29. The monoisotopic (exact) mass is 390 g/mol. The number of halogens is 1. The van der Waals surface area contributed by atoms with Gasteiger partial charge >= 0.3 is 0 Å². The summed E-state index contributed by atoms with van der Waals surface area (Å²) in [5, 5.41) is 13.5. The molecule has 1 amide bonds. The van der Waals surface area contributed by atoms with Crippen LogP contribution in [0.1, 0.15) is 23.2 Å². The van der Waals surface area contributed by atoms with Crippen LogP contribution in [0.4, 0.5) is 5.69 Å². The van der Waals surface area contributed by atoms with E-state index in [9.17, 15) is 14.9 Å². The van der Waals surface area contributed by atoms with Crippen molar-refractivity contribution >= 4 is 34.2 Å². The molecule has 1 fully saturated rings. The molecule has 1 aromatic carbocycles. The van der Waals surface area contributed by atoms with Gasteiger partial charge in [-0.25, -0.2) is 0 Å². The van der Waals surface area contributed by atoms with Crippen LogP contribution in [0.25, 0.3) is 0 Å². The first-order chi connectivity index (χ1) is 9.58. The van der Waals surface area contributed by atoms with E-state index >= 15 is 0 Å². The van der Waals surface area contributed by atoms with E-state index < -0.39 is 4.92 Å². The lowest BCUT2D eigenvalue weighted by Gasteiger charge is -2.09.